The molecular formula is C20H18BrN3O3. The first-order valence-corrected chi connectivity index (χ1v) is 9.02. The second kappa shape index (κ2) is 8.18. The lowest BCUT2D eigenvalue weighted by Gasteiger charge is -2.14. The molecule has 3 aromatic rings. The monoisotopic (exact) mass is 427 g/mol. The number of H-pyrrole nitrogens is 1. The second-order valence-electron chi connectivity index (χ2n) is 5.94. The molecule has 3 rings (SSSR count). The quantitative estimate of drug-likeness (QED) is 0.633. The molecule has 0 spiro atoms. The van der Waals surface area contributed by atoms with Crippen LogP contribution >= 0.6 is 15.9 Å². The molecule has 0 atom stereocenters. The van der Waals surface area contributed by atoms with Gasteiger partial charge in [0.1, 0.15) is 11.6 Å². The maximum absolute atomic E-state index is 12.4. The number of para-hydroxylation sites is 1. The molecule has 0 unspecified atom stereocenters. The molecule has 7 heteroatoms. The van der Waals surface area contributed by atoms with E-state index < -0.39 is 0 Å². The van der Waals surface area contributed by atoms with Crippen molar-refractivity contribution in [3.63, 3.8) is 0 Å². The van der Waals surface area contributed by atoms with Gasteiger partial charge in [0.25, 0.3) is 5.56 Å². The standard InChI is InChI=1S/C20H18BrN3O3/c1-24(12-18-22-16-6-4-3-5-15(16)20(26)23-18)19(25)10-7-13-11-14(21)8-9-17(13)27-2/h3-11H,12H2,1-2H3,(H,22,23,26). The summed E-state index contributed by atoms with van der Waals surface area (Å²) >= 11 is 3.41. The van der Waals surface area contributed by atoms with Crippen molar-refractivity contribution in [2.75, 3.05) is 14.2 Å². The van der Waals surface area contributed by atoms with E-state index in [4.69, 9.17) is 4.74 Å². The van der Waals surface area contributed by atoms with Crippen LogP contribution in [0.4, 0.5) is 0 Å². The Morgan fingerprint density at radius 2 is 2.07 bits per heavy atom. The van der Waals surface area contributed by atoms with E-state index in [1.807, 2.05) is 24.3 Å². The van der Waals surface area contributed by atoms with Crippen molar-refractivity contribution < 1.29 is 9.53 Å². The molecule has 0 aliphatic rings. The van der Waals surface area contributed by atoms with Gasteiger partial charge in [-0.25, -0.2) is 4.98 Å². The Kier molecular flexibility index (Phi) is 5.71. The number of benzene rings is 2. The molecule has 27 heavy (non-hydrogen) atoms. The largest absolute Gasteiger partial charge is 0.496 e. The van der Waals surface area contributed by atoms with Gasteiger partial charge in [0.2, 0.25) is 5.91 Å². The van der Waals surface area contributed by atoms with Gasteiger partial charge in [-0.3, -0.25) is 9.59 Å². The number of nitrogens with zero attached hydrogens (tertiary/aromatic N) is 2. The van der Waals surface area contributed by atoms with Gasteiger partial charge >= 0.3 is 0 Å². The zero-order valence-corrected chi connectivity index (χ0v) is 16.5. The molecule has 1 aromatic heterocycles. The fraction of sp³-hybridized carbons (Fsp3) is 0.150. The Morgan fingerprint density at radius 3 is 2.85 bits per heavy atom. The average Bonchev–Trinajstić information content (AvgIpc) is 2.66. The summed E-state index contributed by atoms with van der Waals surface area (Å²) in [5.41, 5.74) is 1.17. The van der Waals surface area contributed by atoms with Gasteiger partial charge in [0.05, 0.1) is 24.6 Å². The van der Waals surface area contributed by atoms with E-state index in [2.05, 4.69) is 25.9 Å². The zero-order valence-electron chi connectivity index (χ0n) is 14.9. The van der Waals surface area contributed by atoms with Crippen LogP contribution in [0.3, 0.4) is 0 Å². The third-order valence-electron chi connectivity index (χ3n) is 4.02. The predicted octanol–water partition coefficient (Wildman–Crippen LogP) is 3.37. The lowest BCUT2D eigenvalue weighted by atomic mass is 10.2. The number of carbonyl (C=O) groups excluding carboxylic acids is 1. The maximum Gasteiger partial charge on any atom is 0.258 e. The number of nitrogens with one attached hydrogen (secondary N) is 1. The summed E-state index contributed by atoms with van der Waals surface area (Å²) in [5, 5.41) is 0.525. The summed E-state index contributed by atoms with van der Waals surface area (Å²) in [6.45, 7) is 0.193. The second-order valence-corrected chi connectivity index (χ2v) is 6.86. The number of hydrogen-bond donors (Lipinski definition) is 1. The van der Waals surface area contributed by atoms with E-state index in [-0.39, 0.29) is 18.0 Å². The highest BCUT2D eigenvalue weighted by Crippen LogP contribution is 2.24. The van der Waals surface area contributed by atoms with E-state index in [0.29, 0.717) is 22.5 Å². The number of aromatic nitrogens is 2. The smallest absolute Gasteiger partial charge is 0.258 e. The van der Waals surface area contributed by atoms with Gasteiger partial charge in [-0.1, -0.05) is 28.1 Å². The molecule has 0 aliphatic heterocycles. The maximum atomic E-state index is 12.4. The van der Waals surface area contributed by atoms with Crippen molar-refractivity contribution in [3.8, 4) is 5.75 Å². The number of methoxy groups -OCH3 is 1. The SMILES string of the molecule is COc1ccc(Br)cc1C=CC(=O)N(C)Cc1nc2ccccc2c(=O)[nH]1. The minimum absolute atomic E-state index is 0.193. The van der Waals surface area contributed by atoms with Crippen LogP contribution in [0.25, 0.3) is 17.0 Å². The highest BCUT2D eigenvalue weighted by atomic mass is 79.9. The summed E-state index contributed by atoms with van der Waals surface area (Å²) in [4.78, 5) is 33.2. The van der Waals surface area contributed by atoms with Gasteiger partial charge in [-0.2, -0.15) is 0 Å². The molecule has 138 valence electrons. The summed E-state index contributed by atoms with van der Waals surface area (Å²) in [6.07, 6.45) is 3.16. The van der Waals surface area contributed by atoms with Crippen molar-refractivity contribution >= 4 is 38.8 Å². The zero-order chi connectivity index (χ0) is 19.4. The predicted molar refractivity (Wildman–Crippen MR) is 109 cm³/mol. The number of rotatable bonds is 5. The Hall–Kier alpha value is -2.93. The summed E-state index contributed by atoms with van der Waals surface area (Å²) < 4.78 is 6.19. The molecule has 0 bridgehead atoms. The number of aromatic amines is 1. The van der Waals surface area contributed by atoms with Crippen molar-refractivity contribution in [2.24, 2.45) is 0 Å². The highest BCUT2D eigenvalue weighted by Gasteiger charge is 2.10. The first-order valence-electron chi connectivity index (χ1n) is 8.22. The molecule has 0 radical (unpaired) electrons. The van der Waals surface area contributed by atoms with E-state index in [1.54, 1.807) is 38.4 Å². The van der Waals surface area contributed by atoms with E-state index in [0.717, 1.165) is 10.0 Å². The number of hydrogen-bond acceptors (Lipinski definition) is 4. The van der Waals surface area contributed by atoms with Crippen LogP contribution in [0, 0.1) is 0 Å². The molecule has 0 fully saturated rings. The first kappa shape index (κ1) is 18.8. The van der Waals surface area contributed by atoms with Crippen molar-refractivity contribution in [1.82, 2.24) is 14.9 Å². The van der Waals surface area contributed by atoms with E-state index >= 15 is 0 Å². The third kappa shape index (κ3) is 4.43. The lowest BCUT2D eigenvalue weighted by Crippen LogP contribution is -2.26. The topological polar surface area (TPSA) is 75.3 Å². The number of likely N-dealkylation sites (N-methyl/N-ethyl adjacent to an activating group) is 1. The molecule has 0 aliphatic carbocycles. The lowest BCUT2D eigenvalue weighted by molar-refractivity contribution is -0.125. The molecule has 1 amide bonds. The van der Waals surface area contributed by atoms with Crippen LogP contribution in [-0.2, 0) is 11.3 Å². The van der Waals surface area contributed by atoms with Crippen molar-refractivity contribution in [3.05, 3.63) is 74.8 Å². The molecule has 2 aromatic carbocycles. The Morgan fingerprint density at radius 1 is 1.30 bits per heavy atom. The summed E-state index contributed by atoms with van der Waals surface area (Å²) in [6, 6.07) is 12.7. The molecule has 1 N–H and O–H groups in total. The van der Waals surface area contributed by atoms with Gasteiger partial charge < -0.3 is 14.6 Å². The number of fused-ring (bicyclic) bond motifs is 1. The normalized spacial score (nSPS) is 11.1. The molecule has 0 saturated heterocycles. The minimum atomic E-state index is -0.217. The van der Waals surface area contributed by atoms with Crippen LogP contribution in [0.15, 0.2) is 57.8 Å². The minimum Gasteiger partial charge on any atom is -0.496 e. The van der Waals surface area contributed by atoms with Crippen LogP contribution in [-0.4, -0.2) is 34.9 Å². The fourth-order valence-electron chi connectivity index (χ4n) is 2.64. The van der Waals surface area contributed by atoms with Gasteiger partial charge in [-0.05, 0) is 36.4 Å². The number of carbonyl (C=O) groups is 1. The Labute approximate surface area is 164 Å². The first-order chi connectivity index (χ1) is 13.0. The van der Waals surface area contributed by atoms with Gasteiger partial charge in [0, 0.05) is 23.2 Å². The summed E-state index contributed by atoms with van der Waals surface area (Å²) in [5.74, 6) is 0.890. The number of halogens is 1. The van der Waals surface area contributed by atoms with Crippen molar-refractivity contribution in [1.29, 1.82) is 0 Å². The fourth-order valence-corrected chi connectivity index (χ4v) is 3.01. The number of amides is 1. The van der Waals surface area contributed by atoms with Crippen LogP contribution < -0.4 is 10.3 Å². The average molecular weight is 428 g/mol. The van der Waals surface area contributed by atoms with Gasteiger partial charge in [0.15, 0.2) is 0 Å². The summed E-state index contributed by atoms with van der Waals surface area (Å²) in [7, 11) is 3.23. The molecule has 0 saturated carbocycles. The van der Waals surface area contributed by atoms with E-state index in [1.165, 1.54) is 11.0 Å². The van der Waals surface area contributed by atoms with Crippen LogP contribution in [0.5, 0.6) is 5.75 Å². The van der Waals surface area contributed by atoms with Crippen LogP contribution in [0.2, 0.25) is 0 Å². The molecule has 6 nitrogen and oxygen atoms in total. The molecule has 1 heterocycles. The molecular weight excluding hydrogens is 410 g/mol. The highest BCUT2D eigenvalue weighted by molar-refractivity contribution is 9.10. The Balaban J connectivity index is 1.76. The number of ether oxygens (including phenoxy) is 1. The van der Waals surface area contributed by atoms with Gasteiger partial charge in [-0.15, -0.1) is 0 Å². The van der Waals surface area contributed by atoms with Crippen molar-refractivity contribution in [2.45, 2.75) is 6.54 Å². The van der Waals surface area contributed by atoms with Crippen LogP contribution in [0.1, 0.15) is 11.4 Å². The third-order valence-corrected chi connectivity index (χ3v) is 4.52. The van der Waals surface area contributed by atoms with E-state index in [9.17, 15) is 9.59 Å². The Bertz CT molecular complexity index is 1080.